The minimum absolute atomic E-state index is 0.257. The molecular formula is C24H34N2O. The van der Waals surface area contributed by atoms with Crippen molar-refractivity contribution >= 4 is 5.91 Å². The summed E-state index contributed by atoms with van der Waals surface area (Å²) in [4.78, 5) is 17.3. The van der Waals surface area contributed by atoms with Crippen molar-refractivity contribution < 1.29 is 4.79 Å². The predicted octanol–water partition coefficient (Wildman–Crippen LogP) is 4.80. The topological polar surface area (TPSA) is 23.6 Å². The van der Waals surface area contributed by atoms with Crippen LogP contribution in [0.2, 0.25) is 0 Å². The number of carbonyl (C=O) groups excluding carboxylic acids is 1. The van der Waals surface area contributed by atoms with E-state index in [0.717, 1.165) is 44.6 Å². The van der Waals surface area contributed by atoms with Crippen molar-refractivity contribution in [2.24, 2.45) is 5.92 Å². The molecular weight excluding hydrogens is 332 g/mol. The molecule has 1 unspecified atom stereocenters. The van der Waals surface area contributed by atoms with Gasteiger partial charge in [-0.25, -0.2) is 0 Å². The van der Waals surface area contributed by atoms with Gasteiger partial charge in [0.15, 0.2) is 0 Å². The lowest BCUT2D eigenvalue weighted by molar-refractivity contribution is -0.129. The van der Waals surface area contributed by atoms with Gasteiger partial charge in [-0.05, 0) is 56.2 Å². The van der Waals surface area contributed by atoms with Crippen molar-refractivity contribution in [1.82, 2.24) is 9.80 Å². The van der Waals surface area contributed by atoms with Gasteiger partial charge in [0.1, 0.15) is 0 Å². The van der Waals surface area contributed by atoms with E-state index in [9.17, 15) is 4.79 Å². The van der Waals surface area contributed by atoms with Crippen LogP contribution < -0.4 is 0 Å². The van der Waals surface area contributed by atoms with Crippen molar-refractivity contribution in [3.63, 3.8) is 0 Å². The van der Waals surface area contributed by atoms with Crippen LogP contribution in [0.25, 0.3) is 0 Å². The molecule has 1 fully saturated rings. The number of likely N-dealkylation sites (tertiary alicyclic amines) is 1. The minimum Gasteiger partial charge on any atom is -0.312 e. The van der Waals surface area contributed by atoms with E-state index < -0.39 is 0 Å². The van der Waals surface area contributed by atoms with Crippen LogP contribution in [0.3, 0.4) is 0 Å². The highest BCUT2D eigenvalue weighted by molar-refractivity contribution is 5.78. The van der Waals surface area contributed by atoms with E-state index in [4.69, 9.17) is 0 Å². The summed E-state index contributed by atoms with van der Waals surface area (Å²) in [6.45, 7) is 6.25. The summed E-state index contributed by atoms with van der Waals surface area (Å²) in [5, 5.41) is 0. The fourth-order valence-corrected chi connectivity index (χ4v) is 4.20. The van der Waals surface area contributed by atoms with E-state index in [1.54, 1.807) is 0 Å². The summed E-state index contributed by atoms with van der Waals surface area (Å²) in [7, 11) is 0. The second-order valence-electron chi connectivity index (χ2n) is 7.86. The van der Waals surface area contributed by atoms with Crippen LogP contribution in [0, 0.1) is 5.92 Å². The summed E-state index contributed by atoms with van der Waals surface area (Å²) in [6.07, 6.45) is 14.2. The van der Waals surface area contributed by atoms with Gasteiger partial charge in [-0.1, -0.05) is 55.8 Å². The van der Waals surface area contributed by atoms with Crippen LogP contribution in [0.5, 0.6) is 0 Å². The SMILES string of the molecule is CCC(=O)N(CC1CCCCN(CCc2ccccc2)C1)C1=CCCC=C1. The maximum absolute atomic E-state index is 12.6. The van der Waals surface area contributed by atoms with Gasteiger partial charge in [0.25, 0.3) is 0 Å². The van der Waals surface area contributed by atoms with Crippen molar-refractivity contribution in [2.45, 2.75) is 51.9 Å². The molecule has 1 aliphatic carbocycles. The van der Waals surface area contributed by atoms with Gasteiger partial charge >= 0.3 is 0 Å². The molecule has 0 aromatic heterocycles. The first-order valence-electron chi connectivity index (χ1n) is 10.7. The lowest BCUT2D eigenvalue weighted by Gasteiger charge is -2.31. The molecule has 1 aromatic rings. The summed E-state index contributed by atoms with van der Waals surface area (Å²) in [5.41, 5.74) is 2.53. The smallest absolute Gasteiger partial charge is 0.226 e. The molecule has 2 aliphatic rings. The van der Waals surface area contributed by atoms with Crippen LogP contribution in [0.4, 0.5) is 0 Å². The quantitative estimate of drug-likeness (QED) is 0.692. The lowest BCUT2D eigenvalue weighted by Crippen LogP contribution is -2.39. The molecule has 0 N–H and O–H groups in total. The van der Waals surface area contributed by atoms with E-state index in [1.165, 1.54) is 31.4 Å². The molecule has 1 saturated heterocycles. The highest BCUT2D eigenvalue weighted by Crippen LogP contribution is 2.22. The van der Waals surface area contributed by atoms with Gasteiger partial charge in [0, 0.05) is 31.8 Å². The van der Waals surface area contributed by atoms with E-state index in [1.807, 2.05) is 6.92 Å². The molecule has 0 spiro atoms. The fourth-order valence-electron chi connectivity index (χ4n) is 4.20. The van der Waals surface area contributed by atoms with Gasteiger partial charge in [-0.2, -0.15) is 0 Å². The minimum atomic E-state index is 0.257. The zero-order chi connectivity index (χ0) is 18.9. The van der Waals surface area contributed by atoms with Gasteiger partial charge in [0.05, 0.1) is 0 Å². The molecule has 3 heteroatoms. The standard InChI is InChI=1S/C24H34N2O/c1-2-24(27)26(23-14-7-4-8-15-23)20-22-13-9-10-17-25(19-22)18-16-21-11-5-3-6-12-21/h3,5-7,11-12,14-15,22H,2,4,8-10,13,16-20H2,1H3. The van der Waals surface area contributed by atoms with Crippen LogP contribution in [-0.2, 0) is 11.2 Å². The molecule has 1 atom stereocenters. The molecule has 146 valence electrons. The number of benzene rings is 1. The first kappa shape index (κ1) is 19.9. The summed E-state index contributed by atoms with van der Waals surface area (Å²) < 4.78 is 0. The van der Waals surface area contributed by atoms with Crippen molar-refractivity contribution in [2.75, 3.05) is 26.2 Å². The molecule has 1 amide bonds. The second-order valence-corrected chi connectivity index (χ2v) is 7.86. The van der Waals surface area contributed by atoms with Crippen molar-refractivity contribution in [3.8, 4) is 0 Å². The van der Waals surface area contributed by atoms with Gasteiger partial charge in [-0.3, -0.25) is 4.79 Å². The van der Waals surface area contributed by atoms with Gasteiger partial charge in [-0.15, -0.1) is 0 Å². The predicted molar refractivity (Wildman–Crippen MR) is 112 cm³/mol. The summed E-state index contributed by atoms with van der Waals surface area (Å²) in [6, 6.07) is 10.8. The van der Waals surface area contributed by atoms with Crippen LogP contribution in [0.1, 0.15) is 51.0 Å². The highest BCUT2D eigenvalue weighted by Gasteiger charge is 2.24. The van der Waals surface area contributed by atoms with Gasteiger partial charge in [0.2, 0.25) is 5.91 Å². The lowest BCUT2D eigenvalue weighted by atomic mass is 10.0. The van der Waals surface area contributed by atoms with Crippen LogP contribution in [-0.4, -0.2) is 41.9 Å². The molecule has 27 heavy (non-hydrogen) atoms. The Morgan fingerprint density at radius 2 is 2.04 bits per heavy atom. The van der Waals surface area contributed by atoms with E-state index >= 15 is 0 Å². The average molecular weight is 367 g/mol. The summed E-state index contributed by atoms with van der Waals surface area (Å²) in [5.74, 6) is 0.822. The molecule has 3 nitrogen and oxygen atoms in total. The molecule has 1 heterocycles. The number of rotatable bonds is 7. The normalized spacial score (nSPS) is 20.8. The number of carbonyl (C=O) groups is 1. The molecule has 1 aromatic carbocycles. The third kappa shape index (κ3) is 6.07. The number of allylic oxidation sites excluding steroid dienone is 3. The van der Waals surface area contributed by atoms with Gasteiger partial charge < -0.3 is 9.80 Å². The Kier molecular flexibility index (Phi) is 7.70. The molecule has 3 rings (SSSR count). The Balaban J connectivity index is 1.60. The number of hydrogen-bond donors (Lipinski definition) is 0. The number of amides is 1. The molecule has 0 bridgehead atoms. The Morgan fingerprint density at radius 1 is 1.19 bits per heavy atom. The number of hydrogen-bond acceptors (Lipinski definition) is 2. The van der Waals surface area contributed by atoms with Crippen LogP contribution >= 0.6 is 0 Å². The maximum Gasteiger partial charge on any atom is 0.226 e. The summed E-state index contributed by atoms with van der Waals surface area (Å²) >= 11 is 0. The Bertz CT molecular complexity index is 650. The molecule has 1 aliphatic heterocycles. The first-order valence-corrected chi connectivity index (χ1v) is 10.7. The monoisotopic (exact) mass is 366 g/mol. The zero-order valence-corrected chi connectivity index (χ0v) is 16.8. The van der Waals surface area contributed by atoms with E-state index in [2.05, 4.69) is 58.4 Å². The van der Waals surface area contributed by atoms with Crippen molar-refractivity contribution in [1.29, 1.82) is 0 Å². The first-order chi connectivity index (χ1) is 13.3. The fraction of sp³-hybridized carbons (Fsp3) is 0.542. The zero-order valence-electron chi connectivity index (χ0n) is 16.8. The Labute approximate surface area is 164 Å². The third-order valence-corrected chi connectivity index (χ3v) is 5.74. The maximum atomic E-state index is 12.6. The third-order valence-electron chi connectivity index (χ3n) is 5.74. The van der Waals surface area contributed by atoms with E-state index in [-0.39, 0.29) is 5.91 Å². The molecule has 0 radical (unpaired) electrons. The highest BCUT2D eigenvalue weighted by atomic mass is 16.2. The van der Waals surface area contributed by atoms with E-state index in [0.29, 0.717) is 12.3 Å². The molecule has 0 saturated carbocycles. The Hall–Kier alpha value is -1.87. The average Bonchev–Trinajstić information content (AvgIpc) is 2.96. The van der Waals surface area contributed by atoms with Crippen LogP contribution in [0.15, 0.2) is 54.3 Å². The Morgan fingerprint density at radius 3 is 2.78 bits per heavy atom. The van der Waals surface area contributed by atoms with Crippen molar-refractivity contribution in [3.05, 3.63) is 59.8 Å². The second kappa shape index (κ2) is 10.5. The number of nitrogens with zero attached hydrogens (tertiary/aromatic N) is 2. The largest absolute Gasteiger partial charge is 0.312 e.